The van der Waals surface area contributed by atoms with Gasteiger partial charge in [-0.05, 0) is 50.2 Å². The van der Waals surface area contributed by atoms with Gasteiger partial charge >= 0.3 is 0 Å². The maximum Gasteiger partial charge on any atom is 0.247 e. The van der Waals surface area contributed by atoms with E-state index in [0.717, 1.165) is 16.7 Å². The van der Waals surface area contributed by atoms with Crippen LogP contribution in [-0.2, 0) is 16.1 Å². The fourth-order valence-corrected chi connectivity index (χ4v) is 4.89. The normalized spacial score (nSPS) is 15.8. The molecule has 4 aromatic rings. The fraction of sp³-hybridized carbons (Fsp3) is 0.250. The number of amides is 2. The highest BCUT2D eigenvalue weighted by Crippen LogP contribution is 2.34. The molecule has 2 amide bonds. The van der Waals surface area contributed by atoms with Gasteiger partial charge in [0.1, 0.15) is 18.2 Å². The molecule has 0 spiro atoms. The summed E-state index contributed by atoms with van der Waals surface area (Å²) < 4.78 is 16.3. The largest absolute Gasteiger partial charge is 0.318 e. The summed E-state index contributed by atoms with van der Waals surface area (Å²) in [5.41, 5.74) is 2.71. The zero-order valence-electron chi connectivity index (χ0n) is 19.8. The highest BCUT2D eigenvalue weighted by Gasteiger charge is 2.36. The van der Waals surface area contributed by atoms with Gasteiger partial charge in [0.15, 0.2) is 0 Å². The van der Waals surface area contributed by atoms with Crippen LogP contribution in [0.15, 0.2) is 78.9 Å². The third kappa shape index (κ3) is 4.30. The lowest BCUT2D eigenvalue weighted by atomic mass is 10.1. The molecule has 0 bridgehead atoms. The van der Waals surface area contributed by atoms with E-state index < -0.39 is 5.82 Å². The molecule has 3 aromatic carbocycles. The molecule has 1 atom stereocenters. The summed E-state index contributed by atoms with van der Waals surface area (Å²) in [5.74, 6) is -0.236. The number of hydrogen-bond donors (Lipinski definition) is 0. The van der Waals surface area contributed by atoms with Crippen molar-refractivity contribution in [2.75, 3.05) is 16.3 Å². The Morgan fingerprint density at radius 3 is 2.46 bits per heavy atom. The van der Waals surface area contributed by atoms with Crippen LogP contribution < -0.4 is 9.80 Å². The van der Waals surface area contributed by atoms with Gasteiger partial charge in [-0.15, -0.1) is 0 Å². The van der Waals surface area contributed by atoms with Gasteiger partial charge in [-0.25, -0.2) is 9.37 Å². The topological polar surface area (TPSA) is 58.4 Å². The second-order valence-corrected chi connectivity index (χ2v) is 9.09. The van der Waals surface area contributed by atoms with E-state index >= 15 is 0 Å². The average molecular weight is 471 g/mol. The van der Waals surface area contributed by atoms with Crippen molar-refractivity contribution in [3.63, 3.8) is 0 Å². The Balaban J connectivity index is 1.50. The molecule has 5 rings (SSSR count). The number of halogens is 1. The standard InChI is InChI=1S/C28H27FN4O2/c1-19(2)33(21-10-4-3-5-11-21)27(35)18-32-25-15-9-7-13-23(25)30-28(32)20-16-26(34)31(17-20)24-14-8-6-12-22(24)29/h3-15,19-20H,16-18H2,1-2H3. The van der Waals surface area contributed by atoms with Crippen molar-refractivity contribution in [1.82, 2.24) is 9.55 Å². The summed E-state index contributed by atoms with van der Waals surface area (Å²) in [6.45, 7) is 4.37. The number of rotatable bonds is 6. The van der Waals surface area contributed by atoms with Crippen molar-refractivity contribution in [3.05, 3.63) is 90.5 Å². The Hall–Kier alpha value is -4.00. The first-order valence-corrected chi connectivity index (χ1v) is 11.8. The van der Waals surface area contributed by atoms with Crippen LogP contribution in [0.3, 0.4) is 0 Å². The van der Waals surface area contributed by atoms with Gasteiger partial charge in [0, 0.05) is 30.6 Å². The summed E-state index contributed by atoms with van der Waals surface area (Å²) in [5, 5.41) is 0. The zero-order chi connectivity index (χ0) is 24.5. The number of carbonyl (C=O) groups excluding carboxylic acids is 2. The first-order valence-electron chi connectivity index (χ1n) is 11.8. The van der Waals surface area contributed by atoms with E-state index in [2.05, 4.69) is 0 Å². The number of para-hydroxylation sites is 4. The number of aromatic nitrogens is 2. The predicted octanol–water partition coefficient (Wildman–Crippen LogP) is 5.14. The Morgan fingerprint density at radius 2 is 1.71 bits per heavy atom. The fourth-order valence-electron chi connectivity index (χ4n) is 4.89. The SMILES string of the molecule is CC(C)N(C(=O)Cn1c(C2CC(=O)N(c3ccccc3F)C2)nc2ccccc21)c1ccccc1. The van der Waals surface area contributed by atoms with Crippen molar-refractivity contribution in [3.8, 4) is 0 Å². The quantitative estimate of drug-likeness (QED) is 0.392. The smallest absolute Gasteiger partial charge is 0.247 e. The Bertz CT molecular complexity index is 1380. The maximum absolute atomic E-state index is 14.4. The minimum atomic E-state index is -0.430. The summed E-state index contributed by atoms with van der Waals surface area (Å²) in [6, 6.07) is 23.5. The lowest BCUT2D eigenvalue weighted by molar-refractivity contribution is -0.119. The predicted molar refractivity (Wildman–Crippen MR) is 135 cm³/mol. The minimum absolute atomic E-state index is 0.0345. The molecule has 1 aromatic heterocycles. The molecule has 6 nitrogen and oxygen atoms in total. The van der Waals surface area contributed by atoms with E-state index in [4.69, 9.17) is 4.98 Å². The highest BCUT2D eigenvalue weighted by molar-refractivity contribution is 5.97. The van der Waals surface area contributed by atoms with Gasteiger partial charge in [-0.3, -0.25) is 9.59 Å². The maximum atomic E-state index is 14.4. The van der Waals surface area contributed by atoms with Gasteiger partial charge in [-0.2, -0.15) is 0 Å². The molecule has 2 heterocycles. The monoisotopic (exact) mass is 470 g/mol. The van der Waals surface area contributed by atoms with Gasteiger partial charge in [0.25, 0.3) is 0 Å². The van der Waals surface area contributed by atoms with Crippen molar-refractivity contribution < 1.29 is 14.0 Å². The first kappa shape index (κ1) is 22.8. The van der Waals surface area contributed by atoms with Crippen LogP contribution in [0.4, 0.5) is 15.8 Å². The molecule has 0 saturated carbocycles. The molecule has 35 heavy (non-hydrogen) atoms. The van der Waals surface area contributed by atoms with E-state index in [9.17, 15) is 14.0 Å². The number of anilines is 2. The van der Waals surface area contributed by atoms with Crippen LogP contribution in [0, 0.1) is 5.82 Å². The molecule has 0 N–H and O–H groups in total. The second-order valence-electron chi connectivity index (χ2n) is 9.09. The van der Waals surface area contributed by atoms with E-state index in [-0.39, 0.29) is 42.4 Å². The molecule has 178 valence electrons. The van der Waals surface area contributed by atoms with Crippen LogP contribution >= 0.6 is 0 Å². The first-order chi connectivity index (χ1) is 16.9. The van der Waals surface area contributed by atoms with Crippen LogP contribution in [0.1, 0.15) is 32.0 Å². The third-order valence-electron chi connectivity index (χ3n) is 6.43. The lowest BCUT2D eigenvalue weighted by Gasteiger charge is -2.27. The van der Waals surface area contributed by atoms with Gasteiger partial charge in [-0.1, -0.05) is 42.5 Å². The molecule has 1 unspecified atom stereocenters. The average Bonchev–Trinajstić information content (AvgIpc) is 3.40. The summed E-state index contributed by atoms with van der Waals surface area (Å²) >= 11 is 0. The Labute approximate surface area is 203 Å². The van der Waals surface area contributed by atoms with Crippen molar-refractivity contribution in [2.24, 2.45) is 0 Å². The number of fused-ring (bicyclic) bond motifs is 1. The molecule has 0 aliphatic carbocycles. The molecular formula is C28H27FN4O2. The van der Waals surface area contributed by atoms with E-state index in [1.54, 1.807) is 23.1 Å². The van der Waals surface area contributed by atoms with Crippen LogP contribution in [0.25, 0.3) is 11.0 Å². The number of hydrogen-bond acceptors (Lipinski definition) is 3. The van der Waals surface area contributed by atoms with Crippen LogP contribution in [0.2, 0.25) is 0 Å². The number of carbonyl (C=O) groups is 2. The van der Waals surface area contributed by atoms with E-state index in [1.165, 1.54) is 11.0 Å². The van der Waals surface area contributed by atoms with Gasteiger partial charge < -0.3 is 14.4 Å². The summed E-state index contributed by atoms with van der Waals surface area (Å²) in [7, 11) is 0. The molecular weight excluding hydrogens is 443 g/mol. The number of imidazole rings is 1. The summed E-state index contributed by atoms with van der Waals surface area (Å²) in [4.78, 5) is 34.6. The minimum Gasteiger partial charge on any atom is -0.318 e. The zero-order valence-corrected chi connectivity index (χ0v) is 19.8. The molecule has 1 saturated heterocycles. The van der Waals surface area contributed by atoms with Crippen molar-refractivity contribution >= 4 is 34.2 Å². The second kappa shape index (κ2) is 9.33. The molecule has 1 aliphatic rings. The van der Waals surface area contributed by atoms with Gasteiger partial charge in [0.05, 0.1) is 16.7 Å². The van der Waals surface area contributed by atoms with Gasteiger partial charge in [0.2, 0.25) is 11.8 Å². The molecule has 7 heteroatoms. The number of nitrogens with zero attached hydrogens (tertiary/aromatic N) is 4. The molecule has 0 radical (unpaired) electrons. The van der Waals surface area contributed by atoms with Crippen LogP contribution in [0.5, 0.6) is 0 Å². The van der Waals surface area contributed by atoms with Crippen molar-refractivity contribution in [1.29, 1.82) is 0 Å². The van der Waals surface area contributed by atoms with E-state index in [1.807, 2.05) is 73.0 Å². The Kier molecular flexibility index (Phi) is 6.07. The van der Waals surface area contributed by atoms with Crippen molar-refractivity contribution in [2.45, 2.75) is 38.8 Å². The number of benzene rings is 3. The Morgan fingerprint density at radius 1 is 1.03 bits per heavy atom. The highest BCUT2D eigenvalue weighted by atomic mass is 19.1. The summed E-state index contributed by atoms with van der Waals surface area (Å²) in [6.07, 6.45) is 0.207. The lowest BCUT2D eigenvalue weighted by Crippen LogP contribution is -2.39. The van der Waals surface area contributed by atoms with Crippen LogP contribution in [-0.4, -0.2) is 34.0 Å². The third-order valence-corrected chi connectivity index (χ3v) is 6.43. The molecule has 1 aliphatic heterocycles. The molecule has 1 fully saturated rings. The van der Waals surface area contributed by atoms with E-state index in [0.29, 0.717) is 12.4 Å².